The first-order chi connectivity index (χ1) is 9.19. The number of hydrogen-bond donors (Lipinski definition) is 0. The van der Waals surface area contributed by atoms with Crippen LogP contribution in [0.2, 0.25) is 0 Å². The van der Waals surface area contributed by atoms with Crippen LogP contribution in [0.15, 0.2) is 28.7 Å². The molecule has 0 saturated heterocycles. The highest BCUT2D eigenvalue weighted by Gasteiger charge is 2.29. The summed E-state index contributed by atoms with van der Waals surface area (Å²) >= 11 is 3.49. The molecule has 1 aliphatic rings. The van der Waals surface area contributed by atoms with Crippen molar-refractivity contribution >= 4 is 21.9 Å². The molecule has 2 rings (SSSR count). The van der Waals surface area contributed by atoms with Crippen LogP contribution in [0.3, 0.4) is 0 Å². The topological polar surface area (TPSA) is 29.5 Å². The van der Waals surface area contributed by atoms with Gasteiger partial charge < -0.3 is 4.74 Å². The lowest BCUT2D eigenvalue weighted by molar-refractivity contribution is -0.143. The van der Waals surface area contributed by atoms with Crippen molar-refractivity contribution in [2.24, 2.45) is 0 Å². The van der Waals surface area contributed by atoms with Crippen molar-refractivity contribution in [3.8, 4) is 0 Å². The molecule has 0 aromatic heterocycles. The summed E-state index contributed by atoms with van der Waals surface area (Å²) in [5.41, 5.74) is 1.28. The van der Waals surface area contributed by atoms with Gasteiger partial charge >= 0.3 is 5.97 Å². The average Bonchev–Trinajstić information content (AvgIpc) is 3.19. The zero-order valence-electron chi connectivity index (χ0n) is 11.3. The van der Waals surface area contributed by atoms with E-state index >= 15 is 0 Å². The van der Waals surface area contributed by atoms with Crippen LogP contribution >= 0.6 is 15.9 Å². The Morgan fingerprint density at radius 3 is 2.89 bits per heavy atom. The van der Waals surface area contributed by atoms with Crippen LogP contribution in [0.1, 0.15) is 31.7 Å². The lowest BCUT2D eigenvalue weighted by Crippen LogP contribution is -2.28. The maximum Gasteiger partial charge on any atom is 0.307 e. The van der Waals surface area contributed by atoms with E-state index in [1.807, 2.05) is 13.0 Å². The van der Waals surface area contributed by atoms with Crippen molar-refractivity contribution in [3.63, 3.8) is 0 Å². The summed E-state index contributed by atoms with van der Waals surface area (Å²) in [6.07, 6.45) is 2.98. The zero-order valence-corrected chi connectivity index (χ0v) is 12.9. The highest BCUT2D eigenvalue weighted by atomic mass is 79.9. The maximum absolute atomic E-state index is 11.4. The third-order valence-electron chi connectivity index (χ3n) is 3.25. The molecule has 1 fully saturated rings. The second kappa shape index (κ2) is 7.06. The normalized spacial score (nSPS) is 14.7. The number of benzene rings is 1. The average molecular weight is 326 g/mol. The van der Waals surface area contributed by atoms with Gasteiger partial charge in [0, 0.05) is 23.6 Å². The van der Waals surface area contributed by atoms with E-state index in [4.69, 9.17) is 4.74 Å². The van der Waals surface area contributed by atoms with Crippen molar-refractivity contribution in [2.45, 2.75) is 38.8 Å². The molecule has 0 heterocycles. The number of nitrogens with zero attached hydrogens (tertiary/aromatic N) is 1. The summed E-state index contributed by atoms with van der Waals surface area (Å²) in [5, 5.41) is 0. The van der Waals surface area contributed by atoms with Crippen molar-refractivity contribution in [1.29, 1.82) is 0 Å². The Bertz CT molecular complexity index is 432. The molecule has 0 bridgehead atoms. The molecule has 1 aliphatic carbocycles. The van der Waals surface area contributed by atoms with Gasteiger partial charge in [0.25, 0.3) is 0 Å². The molecule has 19 heavy (non-hydrogen) atoms. The summed E-state index contributed by atoms with van der Waals surface area (Å²) in [4.78, 5) is 13.8. The van der Waals surface area contributed by atoms with Crippen LogP contribution in [-0.4, -0.2) is 30.1 Å². The molecular formula is C15H20BrNO2. The standard InChI is InChI=1S/C15H20BrNO2/c1-2-19-15(18)8-9-17(14-6-7-14)11-12-4-3-5-13(16)10-12/h3-5,10,14H,2,6-9,11H2,1H3. The van der Waals surface area contributed by atoms with Crippen LogP contribution < -0.4 is 0 Å². The van der Waals surface area contributed by atoms with Gasteiger partial charge in [0.1, 0.15) is 0 Å². The van der Waals surface area contributed by atoms with E-state index in [9.17, 15) is 4.79 Å². The Morgan fingerprint density at radius 1 is 1.47 bits per heavy atom. The summed E-state index contributed by atoms with van der Waals surface area (Å²) in [6, 6.07) is 9.00. The Morgan fingerprint density at radius 2 is 2.26 bits per heavy atom. The van der Waals surface area contributed by atoms with Gasteiger partial charge in [0.15, 0.2) is 0 Å². The molecule has 4 heteroatoms. The molecule has 104 valence electrons. The van der Waals surface area contributed by atoms with Gasteiger partial charge in [-0.2, -0.15) is 0 Å². The van der Waals surface area contributed by atoms with Crippen molar-refractivity contribution < 1.29 is 9.53 Å². The van der Waals surface area contributed by atoms with E-state index in [1.54, 1.807) is 0 Å². The predicted molar refractivity (Wildman–Crippen MR) is 78.8 cm³/mol. The first-order valence-corrected chi connectivity index (χ1v) is 7.62. The Balaban J connectivity index is 1.88. The number of esters is 1. The zero-order chi connectivity index (χ0) is 13.7. The minimum Gasteiger partial charge on any atom is -0.466 e. The Labute approximate surface area is 123 Å². The Kier molecular flexibility index (Phi) is 5.40. The molecule has 0 radical (unpaired) electrons. The molecule has 0 atom stereocenters. The molecule has 0 N–H and O–H groups in total. The SMILES string of the molecule is CCOC(=O)CCN(Cc1cccc(Br)c1)C1CC1. The van der Waals surface area contributed by atoms with Gasteiger partial charge in [-0.1, -0.05) is 28.1 Å². The van der Waals surface area contributed by atoms with Crippen LogP contribution in [-0.2, 0) is 16.1 Å². The fourth-order valence-corrected chi connectivity index (χ4v) is 2.61. The lowest BCUT2D eigenvalue weighted by Gasteiger charge is -2.21. The quantitative estimate of drug-likeness (QED) is 0.720. The first kappa shape index (κ1) is 14.5. The van der Waals surface area contributed by atoms with Gasteiger partial charge in [-0.25, -0.2) is 0 Å². The van der Waals surface area contributed by atoms with E-state index in [1.165, 1.54) is 18.4 Å². The molecular weight excluding hydrogens is 306 g/mol. The van der Waals surface area contributed by atoms with Gasteiger partial charge in [-0.3, -0.25) is 9.69 Å². The van der Waals surface area contributed by atoms with E-state index in [0.717, 1.165) is 17.6 Å². The highest BCUT2D eigenvalue weighted by molar-refractivity contribution is 9.10. The summed E-state index contributed by atoms with van der Waals surface area (Å²) < 4.78 is 6.09. The molecule has 3 nitrogen and oxygen atoms in total. The summed E-state index contributed by atoms with van der Waals surface area (Å²) in [7, 11) is 0. The van der Waals surface area contributed by atoms with Crippen LogP contribution in [0.5, 0.6) is 0 Å². The van der Waals surface area contributed by atoms with E-state index < -0.39 is 0 Å². The predicted octanol–water partition coefficient (Wildman–Crippen LogP) is 3.37. The number of halogens is 1. The van der Waals surface area contributed by atoms with Crippen molar-refractivity contribution in [1.82, 2.24) is 4.90 Å². The molecule has 0 unspecified atom stereocenters. The molecule has 0 amide bonds. The van der Waals surface area contributed by atoms with Crippen LogP contribution in [0.4, 0.5) is 0 Å². The molecule has 1 aromatic carbocycles. The van der Waals surface area contributed by atoms with Gasteiger partial charge in [-0.15, -0.1) is 0 Å². The second-order valence-electron chi connectivity index (χ2n) is 4.89. The van der Waals surface area contributed by atoms with Gasteiger partial charge in [-0.05, 0) is 37.5 Å². The van der Waals surface area contributed by atoms with E-state index in [2.05, 4.69) is 39.0 Å². The molecule has 1 saturated carbocycles. The minimum absolute atomic E-state index is 0.0950. The van der Waals surface area contributed by atoms with Crippen molar-refractivity contribution in [3.05, 3.63) is 34.3 Å². The fourth-order valence-electron chi connectivity index (χ4n) is 2.17. The molecule has 1 aromatic rings. The molecule has 0 spiro atoms. The molecule has 0 aliphatic heterocycles. The smallest absolute Gasteiger partial charge is 0.307 e. The first-order valence-electron chi connectivity index (χ1n) is 6.83. The van der Waals surface area contributed by atoms with E-state index in [0.29, 0.717) is 19.1 Å². The summed E-state index contributed by atoms with van der Waals surface area (Å²) in [5.74, 6) is -0.0950. The Hall–Kier alpha value is -0.870. The number of rotatable bonds is 7. The third-order valence-corrected chi connectivity index (χ3v) is 3.74. The second-order valence-corrected chi connectivity index (χ2v) is 5.80. The lowest BCUT2D eigenvalue weighted by atomic mass is 10.2. The number of ether oxygens (including phenoxy) is 1. The maximum atomic E-state index is 11.4. The minimum atomic E-state index is -0.0950. The van der Waals surface area contributed by atoms with Gasteiger partial charge in [0.05, 0.1) is 13.0 Å². The van der Waals surface area contributed by atoms with E-state index in [-0.39, 0.29) is 5.97 Å². The summed E-state index contributed by atoms with van der Waals surface area (Å²) in [6.45, 7) is 4.01. The fraction of sp³-hybridized carbons (Fsp3) is 0.533. The van der Waals surface area contributed by atoms with Crippen LogP contribution in [0.25, 0.3) is 0 Å². The number of hydrogen-bond acceptors (Lipinski definition) is 3. The van der Waals surface area contributed by atoms with Crippen molar-refractivity contribution in [2.75, 3.05) is 13.2 Å². The third kappa shape index (κ3) is 4.96. The van der Waals surface area contributed by atoms with Gasteiger partial charge in [0.2, 0.25) is 0 Å². The number of carbonyl (C=O) groups is 1. The highest BCUT2D eigenvalue weighted by Crippen LogP contribution is 2.28. The number of carbonyl (C=O) groups excluding carboxylic acids is 1. The monoisotopic (exact) mass is 325 g/mol. The van der Waals surface area contributed by atoms with Crippen LogP contribution in [0, 0.1) is 0 Å². The largest absolute Gasteiger partial charge is 0.466 e.